The van der Waals surface area contributed by atoms with E-state index in [2.05, 4.69) is 4.98 Å². The number of aromatic nitrogens is 1. The first-order valence-electron chi connectivity index (χ1n) is 4.86. The zero-order valence-electron chi connectivity index (χ0n) is 9.08. The summed E-state index contributed by atoms with van der Waals surface area (Å²) in [7, 11) is 1.45. The lowest BCUT2D eigenvalue weighted by molar-refractivity contribution is 0.400. The minimum Gasteiger partial charge on any atom is -0.481 e. The van der Waals surface area contributed by atoms with Crippen LogP contribution in [0.1, 0.15) is 0 Å². The van der Waals surface area contributed by atoms with Gasteiger partial charge in [0, 0.05) is 5.56 Å². The van der Waals surface area contributed by atoms with E-state index in [1.54, 1.807) is 6.07 Å². The number of benzene rings is 1. The summed E-state index contributed by atoms with van der Waals surface area (Å²) in [6.45, 7) is 0. The van der Waals surface area contributed by atoms with Crippen LogP contribution >= 0.6 is 0 Å². The molecule has 0 spiro atoms. The fraction of sp³-hybridized carbons (Fsp3) is 0.0833. The summed E-state index contributed by atoms with van der Waals surface area (Å²) in [5, 5.41) is 0. The van der Waals surface area contributed by atoms with E-state index < -0.39 is 11.6 Å². The second kappa shape index (κ2) is 4.37. The number of nitrogens with two attached hydrogens (primary N) is 1. The van der Waals surface area contributed by atoms with Gasteiger partial charge in [-0.15, -0.1) is 0 Å². The molecule has 0 bridgehead atoms. The number of hydrogen-bond acceptors (Lipinski definition) is 3. The Hall–Kier alpha value is -2.17. The molecule has 2 aromatic rings. The Bertz CT molecular complexity index is 558. The SMILES string of the molecule is COc1ncc(N)cc1-c1ccc(F)c(F)c1. The Morgan fingerprint density at radius 3 is 2.59 bits per heavy atom. The monoisotopic (exact) mass is 236 g/mol. The third kappa shape index (κ3) is 2.18. The van der Waals surface area contributed by atoms with Gasteiger partial charge >= 0.3 is 0 Å². The average Bonchev–Trinajstić information content (AvgIpc) is 2.32. The third-order valence-electron chi connectivity index (χ3n) is 2.30. The van der Waals surface area contributed by atoms with Crippen LogP contribution in [-0.2, 0) is 0 Å². The van der Waals surface area contributed by atoms with E-state index in [1.165, 1.54) is 19.4 Å². The Balaban J connectivity index is 2.58. The molecule has 0 saturated carbocycles. The number of halogens is 2. The van der Waals surface area contributed by atoms with Crippen LogP contribution < -0.4 is 10.5 Å². The molecule has 2 rings (SSSR count). The molecule has 1 aromatic heterocycles. The van der Waals surface area contributed by atoms with Gasteiger partial charge in [0.05, 0.1) is 19.0 Å². The Morgan fingerprint density at radius 1 is 1.18 bits per heavy atom. The van der Waals surface area contributed by atoms with Crippen molar-refractivity contribution in [2.45, 2.75) is 0 Å². The number of nitrogen functional groups attached to an aromatic ring is 1. The zero-order chi connectivity index (χ0) is 12.4. The second-order valence-corrected chi connectivity index (χ2v) is 3.45. The Kier molecular flexibility index (Phi) is 2.91. The van der Waals surface area contributed by atoms with Crippen LogP contribution in [0.2, 0.25) is 0 Å². The number of ether oxygens (including phenoxy) is 1. The molecular weight excluding hydrogens is 226 g/mol. The number of rotatable bonds is 2. The first-order chi connectivity index (χ1) is 8.11. The maximum atomic E-state index is 13.1. The molecular formula is C12H10F2N2O. The number of pyridine rings is 1. The van der Waals surface area contributed by atoms with Gasteiger partial charge in [-0.1, -0.05) is 6.07 Å². The Labute approximate surface area is 96.9 Å². The van der Waals surface area contributed by atoms with Gasteiger partial charge in [0.25, 0.3) is 0 Å². The summed E-state index contributed by atoms with van der Waals surface area (Å²) in [6.07, 6.45) is 1.43. The molecule has 0 aliphatic carbocycles. The van der Waals surface area contributed by atoms with Crippen molar-refractivity contribution in [2.75, 3.05) is 12.8 Å². The highest BCUT2D eigenvalue weighted by molar-refractivity contribution is 5.71. The predicted octanol–water partition coefficient (Wildman–Crippen LogP) is 2.62. The van der Waals surface area contributed by atoms with Gasteiger partial charge in [0.15, 0.2) is 11.6 Å². The minimum atomic E-state index is -0.924. The number of anilines is 1. The zero-order valence-corrected chi connectivity index (χ0v) is 9.08. The normalized spacial score (nSPS) is 10.3. The van der Waals surface area contributed by atoms with E-state index in [0.717, 1.165) is 12.1 Å². The number of methoxy groups -OCH3 is 1. The van der Waals surface area contributed by atoms with Crippen molar-refractivity contribution in [2.24, 2.45) is 0 Å². The molecule has 1 aromatic carbocycles. The summed E-state index contributed by atoms with van der Waals surface area (Å²) < 4.78 is 31.0. The molecule has 0 aliphatic rings. The fourth-order valence-corrected chi connectivity index (χ4v) is 1.50. The number of hydrogen-bond donors (Lipinski definition) is 1. The van der Waals surface area contributed by atoms with Crippen molar-refractivity contribution in [1.29, 1.82) is 0 Å². The smallest absolute Gasteiger partial charge is 0.221 e. The van der Waals surface area contributed by atoms with E-state index in [1.807, 2.05) is 0 Å². The van der Waals surface area contributed by atoms with Crippen molar-refractivity contribution in [3.05, 3.63) is 42.1 Å². The van der Waals surface area contributed by atoms with Crippen LogP contribution in [0.3, 0.4) is 0 Å². The van der Waals surface area contributed by atoms with Crippen molar-refractivity contribution >= 4 is 5.69 Å². The summed E-state index contributed by atoms with van der Waals surface area (Å²) >= 11 is 0. The van der Waals surface area contributed by atoms with Crippen LogP contribution in [0.5, 0.6) is 5.88 Å². The summed E-state index contributed by atoms with van der Waals surface area (Å²) in [5.41, 5.74) is 7.00. The van der Waals surface area contributed by atoms with Crippen LogP contribution in [0.4, 0.5) is 14.5 Å². The minimum absolute atomic E-state index is 0.310. The highest BCUT2D eigenvalue weighted by atomic mass is 19.2. The lowest BCUT2D eigenvalue weighted by Crippen LogP contribution is -1.95. The molecule has 2 N–H and O–H groups in total. The molecule has 0 atom stereocenters. The highest BCUT2D eigenvalue weighted by Crippen LogP contribution is 2.30. The molecule has 1 heterocycles. The van der Waals surface area contributed by atoms with Crippen molar-refractivity contribution in [1.82, 2.24) is 4.98 Å². The molecule has 0 unspecified atom stereocenters. The van der Waals surface area contributed by atoms with Crippen LogP contribution in [-0.4, -0.2) is 12.1 Å². The molecule has 17 heavy (non-hydrogen) atoms. The van der Waals surface area contributed by atoms with E-state index in [9.17, 15) is 8.78 Å². The van der Waals surface area contributed by atoms with E-state index in [-0.39, 0.29) is 0 Å². The van der Waals surface area contributed by atoms with Crippen LogP contribution in [0.15, 0.2) is 30.5 Å². The van der Waals surface area contributed by atoms with Gasteiger partial charge in [-0.05, 0) is 23.8 Å². The van der Waals surface area contributed by atoms with Gasteiger partial charge in [0.2, 0.25) is 5.88 Å². The maximum absolute atomic E-state index is 13.1. The van der Waals surface area contributed by atoms with Crippen molar-refractivity contribution < 1.29 is 13.5 Å². The summed E-state index contributed by atoms with van der Waals surface area (Å²) in [5.74, 6) is -1.51. The molecule has 0 fully saturated rings. The lowest BCUT2D eigenvalue weighted by atomic mass is 10.1. The van der Waals surface area contributed by atoms with E-state index in [4.69, 9.17) is 10.5 Å². The van der Waals surface area contributed by atoms with Gasteiger partial charge in [-0.25, -0.2) is 13.8 Å². The second-order valence-electron chi connectivity index (χ2n) is 3.45. The highest BCUT2D eigenvalue weighted by Gasteiger charge is 2.10. The molecule has 0 amide bonds. The summed E-state index contributed by atoms with van der Waals surface area (Å²) in [4.78, 5) is 3.96. The molecule has 0 aliphatic heterocycles. The average molecular weight is 236 g/mol. The fourth-order valence-electron chi connectivity index (χ4n) is 1.50. The molecule has 0 radical (unpaired) electrons. The molecule has 3 nitrogen and oxygen atoms in total. The number of nitrogens with zero attached hydrogens (tertiary/aromatic N) is 1. The topological polar surface area (TPSA) is 48.1 Å². The van der Waals surface area contributed by atoms with Crippen LogP contribution in [0, 0.1) is 11.6 Å². The van der Waals surface area contributed by atoms with E-state index in [0.29, 0.717) is 22.7 Å². The standard InChI is InChI=1S/C12H10F2N2O/c1-17-12-9(5-8(15)6-16-12)7-2-3-10(13)11(14)4-7/h2-6H,15H2,1H3. The van der Waals surface area contributed by atoms with Gasteiger partial charge in [0.1, 0.15) is 0 Å². The van der Waals surface area contributed by atoms with Crippen molar-refractivity contribution in [3.8, 4) is 17.0 Å². The van der Waals surface area contributed by atoms with Gasteiger partial charge < -0.3 is 10.5 Å². The molecule has 5 heteroatoms. The quantitative estimate of drug-likeness (QED) is 0.871. The van der Waals surface area contributed by atoms with Gasteiger partial charge in [-0.2, -0.15) is 0 Å². The predicted molar refractivity (Wildman–Crippen MR) is 60.6 cm³/mol. The first-order valence-corrected chi connectivity index (χ1v) is 4.86. The molecule has 88 valence electrons. The van der Waals surface area contributed by atoms with Gasteiger partial charge in [-0.3, -0.25) is 0 Å². The maximum Gasteiger partial charge on any atom is 0.221 e. The first kappa shape index (κ1) is 11.3. The van der Waals surface area contributed by atoms with E-state index >= 15 is 0 Å². The third-order valence-corrected chi connectivity index (χ3v) is 2.30. The molecule has 0 saturated heterocycles. The Morgan fingerprint density at radius 2 is 1.94 bits per heavy atom. The lowest BCUT2D eigenvalue weighted by Gasteiger charge is -2.08. The largest absolute Gasteiger partial charge is 0.481 e. The summed E-state index contributed by atoms with van der Waals surface area (Å²) in [6, 6.07) is 5.16. The van der Waals surface area contributed by atoms with Crippen molar-refractivity contribution in [3.63, 3.8) is 0 Å². The van der Waals surface area contributed by atoms with Crippen LogP contribution in [0.25, 0.3) is 11.1 Å².